The minimum Gasteiger partial charge on any atom is -0.394 e. The summed E-state index contributed by atoms with van der Waals surface area (Å²) < 4.78 is 38.6. The predicted molar refractivity (Wildman–Crippen MR) is 72.8 cm³/mol. The van der Waals surface area contributed by atoms with E-state index in [0.29, 0.717) is 6.20 Å². The normalized spacial score (nSPS) is 34.7. The van der Waals surface area contributed by atoms with Crippen LogP contribution in [-0.2, 0) is 19.9 Å². The van der Waals surface area contributed by atoms with Crippen LogP contribution in [0.2, 0.25) is 0 Å². The third kappa shape index (κ3) is 2.25. The fourth-order valence-corrected chi connectivity index (χ4v) is 3.86. The Balaban J connectivity index is 2.91. The maximum Gasteiger partial charge on any atom is 0.331 e. The molecule has 1 aliphatic rings. The number of nitrogens with zero attached hydrogens (tertiary/aromatic N) is 1. The Bertz CT molecular complexity index is 817. The number of H-pyrrole nitrogens is 1. The van der Waals surface area contributed by atoms with Gasteiger partial charge in [0, 0.05) is 18.8 Å². The van der Waals surface area contributed by atoms with Crippen LogP contribution in [0, 0.1) is 0 Å². The third-order valence-electron chi connectivity index (χ3n) is 3.68. The molecule has 1 saturated heterocycles. The van der Waals surface area contributed by atoms with Gasteiger partial charge < -0.3 is 25.8 Å². The number of nitrogens with two attached hydrogens (primary N) is 1. The molecule has 0 bridgehead atoms. The average molecular weight is 353 g/mol. The van der Waals surface area contributed by atoms with E-state index in [9.17, 15) is 32.8 Å². The summed E-state index contributed by atoms with van der Waals surface area (Å²) in [6.07, 6.45) is -3.09. The van der Waals surface area contributed by atoms with Crippen molar-refractivity contribution in [3.63, 3.8) is 0 Å². The van der Waals surface area contributed by atoms with Gasteiger partial charge in [0.25, 0.3) is 5.56 Å². The monoisotopic (exact) mass is 353 g/mol. The van der Waals surface area contributed by atoms with E-state index in [1.807, 2.05) is 0 Å². The molecule has 0 spiro atoms. The molecule has 4 atom stereocenters. The first-order valence-corrected chi connectivity index (χ1v) is 7.68. The molecule has 1 aliphatic heterocycles. The minimum atomic E-state index is -5.43. The summed E-state index contributed by atoms with van der Waals surface area (Å²) in [5, 5.41) is 26.5. The zero-order valence-electron chi connectivity index (χ0n) is 11.5. The van der Waals surface area contributed by atoms with Gasteiger partial charge in [-0.2, -0.15) is 8.42 Å². The molecule has 2 rings (SSSR count). The predicted octanol–water partition coefficient (Wildman–Crippen LogP) is -4.52. The second kappa shape index (κ2) is 5.48. The number of hydrogen-bond donors (Lipinski definition) is 6. The van der Waals surface area contributed by atoms with Crippen molar-refractivity contribution in [1.29, 1.82) is 0 Å². The van der Waals surface area contributed by atoms with Crippen molar-refractivity contribution in [1.82, 2.24) is 9.55 Å². The molecule has 0 unspecified atom stereocenters. The van der Waals surface area contributed by atoms with E-state index in [1.165, 1.54) is 0 Å². The summed E-state index contributed by atoms with van der Waals surface area (Å²) in [6.45, 7) is -1.91. The zero-order chi connectivity index (χ0) is 17.6. The number of aliphatic hydroxyl groups excluding tert-OH is 2. The van der Waals surface area contributed by atoms with E-state index < -0.39 is 57.4 Å². The highest BCUT2D eigenvalue weighted by molar-refractivity contribution is 7.86. The van der Waals surface area contributed by atoms with Crippen molar-refractivity contribution in [3.8, 4) is 0 Å². The molecule has 12 nitrogen and oxygen atoms in total. The molecule has 7 N–H and O–H groups in total. The zero-order valence-corrected chi connectivity index (χ0v) is 12.3. The lowest BCUT2D eigenvalue weighted by molar-refractivity contribution is -0.140. The number of rotatable bonds is 4. The molecule has 0 amide bonds. The SMILES string of the molecule is NC[C@@]1(O)[C@H](O)[C@@H](CO)O[C@]1(n1ccc(=O)[nH]c1=O)S(=O)(=O)O. The van der Waals surface area contributed by atoms with Crippen molar-refractivity contribution in [2.75, 3.05) is 13.2 Å². The van der Waals surface area contributed by atoms with Crippen LogP contribution in [0.4, 0.5) is 0 Å². The van der Waals surface area contributed by atoms with Crippen molar-refractivity contribution in [2.45, 2.75) is 22.9 Å². The van der Waals surface area contributed by atoms with Crippen molar-refractivity contribution in [3.05, 3.63) is 33.1 Å². The van der Waals surface area contributed by atoms with E-state index in [1.54, 1.807) is 4.98 Å². The summed E-state index contributed by atoms with van der Waals surface area (Å²) in [5.41, 5.74) is 0.200. The Morgan fingerprint density at radius 1 is 1.43 bits per heavy atom. The minimum absolute atomic E-state index is 0.176. The number of aromatic amines is 1. The molecule has 23 heavy (non-hydrogen) atoms. The maximum atomic E-state index is 11.9. The number of aliphatic hydroxyl groups is 3. The number of hydrogen-bond acceptors (Lipinski definition) is 9. The van der Waals surface area contributed by atoms with Gasteiger partial charge in [0.05, 0.1) is 6.61 Å². The first-order chi connectivity index (χ1) is 10.5. The Morgan fingerprint density at radius 3 is 2.48 bits per heavy atom. The van der Waals surface area contributed by atoms with Crippen molar-refractivity contribution >= 4 is 10.1 Å². The molecule has 130 valence electrons. The van der Waals surface area contributed by atoms with Gasteiger partial charge in [0.2, 0.25) is 0 Å². The van der Waals surface area contributed by atoms with Crippen LogP contribution in [0.5, 0.6) is 0 Å². The highest BCUT2D eigenvalue weighted by atomic mass is 32.2. The topological polar surface area (TPSA) is 205 Å². The molecular weight excluding hydrogens is 338 g/mol. The van der Waals surface area contributed by atoms with Crippen LogP contribution in [0.25, 0.3) is 0 Å². The van der Waals surface area contributed by atoms with E-state index in [4.69, 9.17) is 15.6 Å². The average Bonchev–Trinajstić information content (AvgIpc) is 2.69. The largest absolute Gasteiger partial charge is 0.394 e. The summed E-state index contributed by atoms with van der Waals surface area (Å²) in [7, 11) is -5.43. The number of aromatic nitrogens is 2. The second-order valence-electron chi connectivity index (χ2n) is 4.95. The van der Waals surface area contributed by atoms with E-state index in [0.717, 1.165) is 6.07 Å². The third-order valence-corrected chi connectivity index (χ3v) is 5.03. The Hall–Kier alpha value is -1.61. The molecule has 1 aromatic heterocycles. The van der Waals surface area contributed by atoms with Gasteiger partial charge in [0.15, 0.2) is 5.60 Å². The standard InChI is InChI=1S/C10H15N3O9S/c11-4-9(18)7(16)5(3-14)22-10(9,23(19,20)21)13-2-1-6(15)12-8(13)17/h1-2,5,7,14,16,18H,3-4,11H2,(H,12,15,17)(H,19,20,21)/t5-,7-,9-,10+/m1/s1. The van der Waals surface area contributed by atoms with Gasteiger partial charge >= 0.3 is 20.9 Å². The molecule has 0 aromatic carbocycles. The molecule has 2 heterocycles. The van der Waals surface area contributed by atoms with E-state index >= 15 is 0 Å². The molecule has 1 fully saturated rings. The maximum absolute atomic E-state index is 11.9. The van der Waals surface area contributed by atoms with Crippen LogP contribution >= 0.6 is 0 Å². The molecule has 1 aromatic rings. The molecule has 13 heteroatoms. The lowest BCUT2D eigenvalue weighted by Crippen LogP contribution is -2.67. The fraction of sp³-hybridized carbons (Fsp3) is 0.600. The molecule has 0 saturated carbocycles. The summed E-state index contributed by atoms with van der Waals surface area (Å²) >= 11 is 0. The number of nitrogens with one attached hydrogen (secondary N) is 1. The molecular formula is C10H15N3O9S. The van der Waals surface area contributed by atoms with Gasteiger partial charge in [0.1, 0.15) is 12.2 Å². The van der Waals surface area contributed by atoms with Gasteiger partial charge in [-0.3, -0.25) is 18.9 Å². The first-order valence-electron chi connectivity index (χ1n) is 6.24. The second-order valence-corrected chi connectivity index (χ2v) is 6.45. The summed E-state index contributed by atoms with van der Waals surface area (Å²) in [4.78, 5) is 24.8. The van der Waals surface area contributed by atoms with Crippen LogP contribution in [-0.4, -0.2) is 68.8 Å². The quantitative estimate of drug-likeness (QED) is 0.286. The number of ether oxygens (including phenoxy) is 1. The Labute approximate surface area is 128 Å². The highest BCUT2D eigenvalue weighted by Gasteiger charge is 2.73. The van der Waals surface area contributed by atoms with Gasteiger partial charge in [-0.1, -0.05) is 0 Å². The molecule has 0 aliphatic carbocycles. The molecule has 0 radical (unpaired) electrons. The van der Waals surface area contributed by atoms with Crippen LogP contribution in [0.1, 0.15) is 0 Å². The Kier molecular flexibility index (Phi) is 4.23. The Morgan fingerprint density at radius 2 is 2.04 bits per heavy atom. The van der Waals surface area contributed by atoms with Gasteiger partial charge in [-0.05, 0) is 0 Å². The van der Waals surface area contributed by atoms with E-state index in [2.05, 4.69) is 0 Å². The van der Waals surface area contributed by atoms with Crippen LogP contribution in [0.3, 0.4) is 0 Å². The van der Waals surface area contributed by atoms with Crippen molar-refractivity contribution < 1.29 is 33.0 Å². The van der Waals surface area contributed by atoms with Gasteiger partial charge in [-0.25, -0.2) is 4.79 Å². The smallest absolute Gasteiger partial charge is 0.331 e. The van der Waals surface area contributed by atoms with Crippen molar-refractivity contribution in [2.24, 2.45) is 5.73 Å². The highest BCUT2D eigenvalue weighted by Crippen LogP contribution is 2.45. The first kappa shape index (κ1) is 17.7. The van der Waals surface area contributed by atoms with Crippen LogP contribution < -0.4 is 17.0 Å². The van der Waals surface area contributed by atoms with E-state index in [-0.39, 0.29) is 4.57 Å². The summed E-state index contributed by atoms with van der Waals surface area (Å²) in [6, 6.07) is 0.729. The summed E-state index contributed by atoms with van der Waals surface area (Å²) in [5.74, 6) is 0. The lowest BCUT2D eigenvalue weighted by atomic mass is 9.93. The fourth-order valence-electron chi connectivity index (χ4n) is 2.58. The van der Waals surface area contributed by atoms with Gasteiger partial charge in [-0.15, -0.1) is 0 Å². The van der Waals surface area contributed by atoms with Crippen LogP contribution in [0.15, 0.2) is 21.9 Å². The lowest BCUT2D eigenvalue weighted by Gasteiger charge is -2.38.